The van der Waals surface area contributed by atoms with Gasteiger partial charge in [-0.3, -0.25) is 4.79 Å². The Morgan fingerprint density at radius 3 is 2.81 bits per heavy atom. The highest BCUT2D eigenvalue weighted by Gasteiger charge is 2.33. The van der Waals surface area contributed by atoms with Gasteiger partial charge in [0.15, 0.2) is 11.5 Å². The Morgan fingerprint density at radius 1 is 1.16 bits per heavy atom. The molecule has 10 heteroatoms. The number of aromatic nitrogens is 6. The van der Waals surface area contributed by atoms with E-state index in [4.69, 9.17) is 4.74 Å². The lowest BCUT2D eigenvalue weighted by Gasteiger charge is -2.27. The lowest BCUT2D eigenvalue weighted by atomic mass is 9.94. The van der Waals surface area contributed by atoms with E-state index in [2.05, 4.69) is 31.0 Å². The van der Waals surface area contributed by atoms with Crippen molar-refractivity contribution in [2.24, 2.45) is 0 Å². The first-order valence-electron chi connectivity index (χ1n) is 9.43. The van der Waals surface area contributed by atoms with Crippen molar-refractivity contribution in [1.82, 2.24) is 30.4 Å². The van der Waals surface area contributed by atoms with Crippen molar-refractivity contribution in [3.63, 3.8) is 0 Å². The molecule has 0 radical (unpaired) electrons. The second-order valence-corrected chi connectivity index (χ2v) is 6.88. The standard InChI is InChI=1S/C21H17N7O3/c1-31-16-11-13(8-10-15(16)29)19-17-14(9-7-12-5-3-2-4-6-12)23-24-20(30)18(17)22-21-25-26-27-28(19)21/h2-11,19,29H,1H3,(H,24,30)(H,22,25,27)/b9-7+/t19-/m1/s1. The van der Waals surface area contributed by atoms with Crippen LogP contribution in [0.2, 0.25) is 0 Å². The summed E-state index contributed by atoms with van der Waals surface area (Å²) in [5.41, 5.74) is 2.76. The van der Waals surface area contributed by atoms with E-state index in [-0.39, 0.29) is 5.75 Å². The van der Waals surface area contributed by atoms with E-state index in [0.29, 0.717) is 34.2 Å². The number of ether oxygens (including phenoxy) is 1. The van der Waals surface area contributed by atoms with E-state index in [1.807, 2.05) is 42.5 Å². The first-order chi connectivity index (χ1) is 15.2. The maximum absolute atomic E-state index is 12.6. The van der Waals surface area contributed by atoms with Crippen LogP contribution in [0.15, 0.2) is 53.3 Å². The molecule has 0 saturated carbocycles. The van der Waals surface area contributed by atoms with Crippen LogP contribution in [0.3, 0.4) is 0 Å². The first-order valence-corrected chi connectivity index (χ1v) is 9.43. The fraction of sp³-hybridized carbons (Fsp3) is 0.0952. The fourth-order valence-electron chi connectivity index (χ4n) is 3.60. The number of methoxy groups -OCH3 is 1. The van der Waals surface area contributed by atoms with Gasteiger partial charge in [0.1, 0.15) is 11.7 Å². The number of rotatable bonds is 4. The zero-order chi connectivity index (χ0) is 21.4. The number of nitrogens with one attached hydrogen (secondary N) is 2. The summed E-state index contributed by atoms with van der Waals surface area (Å²) >= 11 is 0. The minimum atomic E-state index is -0.569. The number of benzene rings is 2. The molecular formula is C21H17N7O3. The number of phenolic OH excluding ortho intramolecular Hbond substituents is 1. The number of tetrazole rings is 1. The number of hydrogen-bond acceptors (Lipinski definition) is 8. The van der Waals surface area contributed by atoms with Crippen LogP contribution in [0.25, 0.3) is 12.2 Å². The average Bonchev–Trinajstić information content (AvgIpc) is 3.27. The van der Waals surface area contributed by atoms with Gasteiger partial charge < -0.3 is 15.2 Å². The summed E-state index contributed by atoms with van der Waals surface area (Å²) in [4.78, 5) is 12.6. The molecule has 0 saturated heterocycles. The number of nitrogens with zero attached hydrogens (tertiary/aromatic N) is 5. The van der Waals surface area contributed by atoms with Crippen LogP contribution >= 0.6 is 0 Å². The predicted octanol–water partition coefficient (Wildman–Crippen LogP) is 2.34. The molecule has 5 rings (SSSR count). The monoisotopic (exact) mass is 415 g/mol. The number of anilines is 2. The van der Waals surface area contributed by atoms with Gasteiger partial charge in [-0.2, -0.15) is 9.78 Å². The minimum Gasteiger partial charge on any atom is -0.504 e. The number of aromatic amines is 1. The van der Waals surface area contributed by atoms with E-state index in [1.54, 1.807) is 16.8 Å². The lowest BCUT2D eigenvalue weighted by Crippen LogP contribution is -2.29. The molecule has 10 nitrogen and oxygen atoms in total. The van der Waals surface area contributed by atoms with Crippen molar-refractivity contribution in [2.45, 2.75) is 6.04 Å². The third kappa shape index (κ3) is 3.19. The molecule has 3 heterocycles. The van der Waals surface area contributed by atoms with Gasteiger partial charge >= 0.3 is 0 Å². The normalized spacial score (nSPS) is 14.7. The molecule has 0 spiro atoms. The number of phenols is 1. The quantitative estimate of drug-likeness (QED) is 0.408. The summed E-state index contributed by atoms with van der Waals surface area (Å²) in [6, 6.07) is 14.1. The van der Waals surface area contributed by atoms with Crippen molar-refractivity contribution in [1.29, 1.82) is 0 Å². The molecule has 2 aromatic heterocycles. The van der Waals surface area contributed by atoms with Gasteiger partial charge in [-0.15, -0.1) is 0 Å². The summed E-state index contributed by atoms with van der Waals surface area (Å²) in [5.74, 6) is 0.621. The third-order valence-corrected chi connectivity index (χ3v) is 5.05. The number of aromatic hydroxyl groups is 1. The zero-order valence-electron chi connectivity index (χ0n) is 16.4. The molecule has 0 fully saturated rings. The summed E-state index contributed by atoms with van der Waals surface area (Å²) in [7, 11) is 1.47. The van der Waals surface area contributed by atoms with Gasteiger partial charge in [0.25, 0.3) is 5.56 Å². The Balaban J connectivity index is 1.72. The molecular weight excluding hydrogens is 398 g/mol. The molecule has 3 N–H and O–H groups in total. The Labute approximate surface area is 175 Å². The van der Waals surface area contributed by atoms with Gasteiger partial charge in [-0.05, 0) is 39.8 Å². The molecule has 0 amide bonds. The highest BCUT2D eigenvalue weighted by atomic mass is 16.5. The molecule has 154 valence electrons. The van der Waals surface area contributed by atoms with Crippen LogP contribution in [0.4, 0.5) is 11.6 Å². The molecule has 0 bridgehead atoms. The predicted molar refractivity (Wildman–Crippen MR) is 113 cm³/mol. The zero-order valence-corrected chi connectivity index (χ0v) is 16.4. The smallest absolute Gasteiger partial charge is 0.288 e. The minimum absolute atomic E-state index is 0.00516. The maximum atomic E-state index is 12.6. The highest BCUT2D eigenvalue weighted by Crippen LogP contribution is 2.40. The summed E-state index contributed by atoms with van der Waals surface area (Å²) < 4.78 is 6.83. The van der Waals surface area contributed by atoms with E-state index < -0.39 is 11.6 Å². The van der Waals surface area contributed by atoms with Crippen molar-refractivity contribution in [2.75, 3.05) is 12.4 Å². The van der Waals surface area contributed by atoms with Gasteiger partial charge in [-0.1, -0.05) is 47.6 Å². The average molecular weight is 415 g/mol. The molecule has 1 aliphatic rings. The van der Waals surface area contributed by atoms with Gasteiger partial charge in [-0.25, -0.2) is 5.10 Å². The van der Waals surface area contributed by atoms with Crippen LogP contribution in [-0.2, 0) is 0 Å². The van der Waals surface area contributed by atoms with Crippen molar-refractivity contribution < 1.29 is 9.84 Å². The Hall–Kier alpha value is -4.47. The lowest BCUT2D eigenvalue weighted by molar-refractivity contribution is 0.372. The van der Waals surface area contributed by atoms with Crippen LogP contribution in [0.1, 0.15) is 28.4 Å². The molecule has 1 aliphatic heterocycles. The molecule has 0 aliphatic carbocycles. The third-order valence-electron chi connectivity index (χ3n) is 5.05. The summed E-state index contributed by atoms with van der Waals surface area (Å²) in [6.07, 6.45) is 3.73. The van der Waals surface area contributed by atoms with E-state index >= 15 is 0 Å². The van der Waals surface area contributed by atoms with Crippen LogP contribution in [0.5, 0.6) is 11.5 Å². The topological polar surface area (TPSA) is 131 Å². The Morgan fingerprint density at radius 2 is 2.00 bits per heavy atom. The number of fused-ring (bicyclic) bond motifs is 2. The molecule has 1 atom stereocenters. The summed E-state index contributed by atoms with van der Waals surface area (Å²) in [6.45, 7) is 0. The van der Waals surface area contributed by atoms with Crippen molar-refractivity contribution >= 4 is 23.8 Å². The second-order valence-electron chi connectivity index (χ2n) is 6.88. The summed E-state index contributed by atoms with van der Waals surface area (Å²) in [5, 5.41) is 31.7. The number of hydrogen-bond donors (Lipinski definition) is 3. The molecule has 4 aromatic rings. The Bertz CT molecular complexity index is 1340. The second kappa shape index (κ2) is 7.41. The van der Waals surface area contributed by atoms with E-state index in [1.165, 1.54) is 13.2 Å². The SMILES string of the molecule is COc1cc([C@@H]2c3c(/C=C/c4ccccc4)n[nH]c(=O)c3Nc3nnnn32)ccc1O. The van der Waals surface area contributed by atoms with Crippen LogP contribution in [0, 0.1) is 0 Å². The van der Waals surface area contributed by atoms with Gasteiger partial charge in [0, 0.05) is 5.56 Å². The van der Waals surface area contributed by atoms with Crippen molar-refractivity contribution in [3.05, 3.63) is 81.3 Å². The first kappa shape index (κ1) is 18.6. The molecule has 0 unspecified atom stereocenters. The highest BCUT2D eigenvalue weighted by molar-refractivity contribution is 5.75. The largest absolute Gasteiger partial charge is 0.504 e. The Kier molecular flexibility index (Phi) is 4.43. The fourth-order valence-corrected chi connectivity index (χ4v) is 3.60. The van der Waals surface area contributed by atoms with Gasteiger partial charge in [0.05, 0.1) is 12.8 Å². The molecule has 2 aromatic carbocycles. The maximum Gasteiger partial charge on any atom is 0.288 e. The van der Waals surface area contributed by atoms with E-state index in [0.717, 1.165) is 5.56 Å². The van der Waals surface area contributed by atoms with Crippen LogP contribution in [-0.4, -0.2) is 42.6 Å². The van der Waals surface area contributed by atoms with Crippen molar-refractivity contribution in [3.8, 4) is 11.5 Å². The van der Waals surface area contributed by atoms with Gasteiger partial charge in [0.2, 0.25) is 5.95 Å². The number of H-pyrrole nitrogens is 1. The van der Waals surface area contributed by atoms with E-state index in [9.17, 15) is 9.90 Å². The molecule has 31 heavy (non-hydrogen) atoms. The van der Waals surface area contributed by atoms with Crippen LogP contribution < -0.4 is 15.6 Å².